The highest BCUT2D eigenvalue weighted by Crippen LogP contribution is 2.48. The quantitative estimate of drug-likeness (QED) is 0.330. The standard InChI is InChI=1S/C17H23N9O5S3/c1-17(2,3)11(27)9-8(7-32-15-18-20-22-24(15)4)14(33-16-19-21-23-25(16)5)34(29,30)13-10(31-6)12(28)26(9)13/h10,13-14H,7H2,1-6H3/t10-,13+,14?/m0/s1. The average Bonchev–Trinajstić information content (AvgIpc) is 3.35. The number of ether oxygens (including phenoxy) is 1. The number of rotatable bonds is 7. The Morgan fingerprint density at radius 2 is 1.68 bits per heavy atom. The summed E-state index contributed by atoms with van der Waals surface area (Å²) in [5.74, 6) is -0.888. The second-order valence-corrected chi connectivity index (χ2v) is 13.2. The third kappa shape index (κ3) is 3.93. The van der Waals surface area contributed by atoms with E-state index < -0.39 is 37.2 Å². The fraction of sp³-hybridized carbons (Fsp3) is 0.647. The highest BCUT2D eigenvalue weighted by atomic mass is 32.3. The van der Waals surface area contributed by atoms with E-state index in [4.69, 9.17) is 4.74 Å². The van der Waals surface area contributed by atoms with Gasteiger partial charge in [-0.25, -0.2) is 17.8 Å². The van der Waals surface area contributed by atoms with Crippen LogP contribution >= 0.6 is 23.5 Å². The lowest BCUT2D eigenvalue weighted by molar-refractivity contribution is -0.161. The molecule has 1 amide bonds. The summed E-state index contributed by atoms with van der Waals surface area (Å²) < 4.78 is 34.4. The van der Waals surface area contributed by atoms with Crippen molar-refractivity contribution < 1.29 is 22.7 Å². The molecule has 2 aliphatic rings. The molecule has 2 aliphatic heterocycles. The summed E-state index contributed by atoms with van der Waals surface area (Å²) in [6.07, 6.45) is -1.20. The Hall–Kier alpha value is -2.37. The maximum atomic E-state index is 13.8. The molecule has 0 saturated carbocycles. The minimum Gasteiger partial charge on any atom is -0.368 e. The highest BCUT2D eigenvalue weighted by molar-refractivity contribution is 8.14. The number of carbonyl (C=O) groups is 2. The summed E-state index contributed by atoms with van der Waals surface area (Å²) in [4.78, 5) is 27.6. The van der Waals surface area contributed by atoms with Crippen molar-refractivity contribution >= 4 is 45.1 Å². The minimum atomic E-state index is -4.06. The lowest BCUT2D eigenvalue weighted by atomic mass is 9.86. The van der Waals surface area contributed by atoms with Crippen LogP contribution < -0.4 is 0 Å². The first-order valence-corrected chi connectivity index (χ1v) is 13.5. The van der Waals surface area contributed by atoms with Crippen LogP contribution in [0.2, 0.25) is 0 Å². The molecule has 3 atom stereocenters. The largest absolute Gasteiger partial charge is 0.368 e. The van der Waals surface area contributed by atoms with Gasteiger partial charge in [-0.05, 0) is 26.4 Å². The smallest absolute Gasteiger partial charge is 0.260 e. The Morgan fingerprint density at radius 3 is 2.18 bits per heavy atom. The van der Waals surface area contributed by atoms with Gasteiger partial charge < -0.3 is 4.74 Å². The van der Waals surface area contributed by atoms with E-state index in [-0.39, 0.29) is 28.0 Å². The number of fused-ring (bicyclic) bond motifs is 1. The molecular weight excluding hydrogens is 506 g/mol. The molecule has 0 bridgehead atoms. The number of ketones is 1. The first-order valence-electron chi connectivity index (χ1n) is 10.00. The maximum absolute atomic E-state index is 13.8. The van der Waals surface area contributed by atoms with Gasteiger partial charge in [0.1, 0.15) is 4.58 Å². The predicted octanol–water partition coefficient (Wildman–Crippen LogP) is -0.575. The molecular formula is C17H23N9O5S3. The number of methoxy groups -OCH3 is 1. The van der Waals surface area contributed by atoms with Gasteiger partial charge >= 0.3 is 0 Å². The number of sulfone groups is 1. The zero-order valence-corrected chi connectivity index (χ0v) is 21.7. The van der Waals surface area contributed by atoms with E-state index in [1.807, 2.05) is 0 Å². The predicted molar refractivity (Wildman–Crippen MR) is 120 cm³/mol. The second-order valence-electron chi connectivity index (χ2n) is 8.71. The van der Waals surface area contributed by atoms with E-state index in [2.05, 4.69) is 31.1 Å². The number of thioether (sulfide) groups is 2. The van der Waals surface area contributed by atoms with E-state index in [1.54, 1.807) is 34.9 Å². The average molecular weight is 530 g/mol. The summed E-state index contributed by atoms with van der Waals surface area (Å²) >= 11 is 2.06. The van der Waals surface area contributed by atoms with Gasteiger partial charge in [-0.2, -0.15) is 0 Å². The number of β-lactam (4-membered cyclic amide) rings is 1. The zero-order chi connectivity index (χ0) is 25.0. The third-order valence-electron chi connectivity index (χ3n) is 5.34. The number of hydrogen-bond donors (Lipinski definition) is 0. The molecule has 1 fully saturated rings. The van der Waals surface area contributed by atoms with Gasteiger partial charge in [-0.3, -0.25) is 14.5 Å². The molecule has 2 aromatic heterocycles. The van der Waals surface area contributed by atoms with Gasteiger partial charge in [0.05, 0.1) is 5.70 Å². The molecule has 4 heterocycles. The van der Waals surface area contributed by atoms with Gasteiger partial charge in [0, 0.05) is 32.4 Å². The molecule has 17 heteroatoms. The van der Waals surface area contributed by atoms with Crippen molar-refractivity contribution in [3.8, 4) is 0 Å². The number of aromatic nitrogens is 8. The number of amides is 1. The number of Topliss-reactive ketones (excluding diaryl/α,β-unsaturated/α-hetero) is 1. The highest BCUT2D eigenvalue weighted by Gasteiger charge is 2.64. The molecule has 184 valence electrons. The van der Waals surface area contributed by atoms with Crippen molar-refractivity contribution in [2.45, 2.75) is 47.1 Å². The summed E-state index contributed by atoms with van der Waals surface area (Å²) in [5.41, 5.74) is -0.579. The Balaban J connectivity index is 1.90. The van der Waals surface area contributed by atoms with Crippen LogP contribution in [0.25, 0.3) is 0 Å². The van der Waals surface area contributed by atoms with Crippen LogP contribution in [-0.2, 0) is 38.3 Å². The number of carbonyl (C=O) groups excluding carboxylic acids is 2. The summed E-state index contributed by atoms with van der Waals surface area (Å²) in [7, 11) is 0.435. The molecule has 0 aromatic carbocycles. The van der Waals surface area contributed by atoms with E-state index in [1.165, 1.54) is 16.5 Å². The van der Waals surface area contributed by atoms with Crippen LogP contribution in [0.4, 0.5) is 0 Å². The number of tetrazole rings is 2. The Morgan fingerprint density at radius 1 is 1.09 bits per heavy atom. The molecule has 1 unspecified atom stereocenters. The van der Waals surface area contributed by atoms with Crippen LogP contribution in [0.1, 0.15) is 20.8 Å². The van der Waals surface area contributed by atoms with Crippen molar-refractivity contribution in [1.29, 1.82) is 0 Å². The molecule has 0 aliphatic carbocycles. The van der Waals surface area contributed by atoms with Crippen molar-refractivity contribution in [2.75, 3.05) is 12.9 Å². The molecule has 0 spiro atoms. The van der Waals surface area contributed by atoms with Crippen LogP contribution in [0, 0.1) is 5.41 Å². The molecule has 4 rings (SSSR count). The Kier molecular flexibility index (Phi) is 6.32. The van der Waals surface area contributed by atoms with Crippen LogP contribution in [0.5, 0.6) is 0 Å². The van der Waals surface area contributed by atoms with Crippen LogP contribution in [-0.4, -0.2) is 94.3 Å². The van der Waals surface area contributed by atoms with E-state index in [9.17, 15) is 18.0 Å². The lowest BCUT2D eigenvalue weighted by Crippen LogP contribution is -2.72. The van der Waals surface area contributed by atoms with E-state index >= 15 is 0 Å². The lowest BCUT2D eigenvalue weighted by Gasteiger charge is -2.51. The molecule has 0 N–H and O–H groups in total. The maximum Gasteiger partial charge on any atom is 0.260 e. The summed E-state index contributed by atoms with van der Waals surface area (Å²) in [6.45, 7) is 5.14. The molecule has 14 nitrogen and oxygen atoms in total. The van der Waals surface area contributed by atoms with Crippen molar-refractivity contribution in [2.24, 2.45) is 19.5 Å². The van der Waals surface area contributed by atoms with Gasteiger partial charge in [-0.1, -0.05) is 44.3 Å². The topological polar surface area (TPSA) is 168 Å². The molecule has 1 saturated heterocycles. The molecule has 2 aromatic rings. The minimum absolute atomic E-state index is 0.0433. The number of nitrogens with zero attached hydrogens (tertiary/aromatic N) is 9. The zero-order valence-electron chi connectivity index (χ0n) is 19.2. The normalized spacial score (nSPS) is 24.2. The number of aryl methyl sites for hydroxylation is 2. The molecule has 0 radical (unpaired) electrons. The SMILES string of the molecule is CO[C@H]1C(=O)N2C(C(=O)C(C)(C)C)=C(CSc3nnnn3C)C(Sc3nnnn3C)S(=O)(=O)[C@H]12. The number of allylic oxidation sites excluding steroid dienone is 1. The summed E-state index contributed by atoms with van der Waals surface area (Å²) in [5, 5.41) is 21.9. The van der Waals surface area contributed by atoms with Gasteiger partial charge in [0.25, 0.3) is 5.91 Å². The van der Waals surface area contributed by atoms with Crippen molar-refractivity contribution in [1.82, 2.24) is 45.3 Å². The van der Waals surface area contributed by atoms with Crippen LogP contribution in [0.3, 0.4) is 0 Å². The second kappa shape index (κ2) is 8.69. The first-order chi connectivity index (χ1) is 15.9. The van der Waals surface area contributed by atoms with Gasteiger partial charge in [0.2, 0.25) is 10.3 Å². The Bertz CT molecular complexity index is 1280. The fourth-order valence-electron chi connectivity index (χ4n) is 3.59. The fourth-order valence-corrected chi connectivity index (χ4v) is 8.56. The van der Waals surface area contributed by atoms with Gasteiger partial charge in [-0.15, -0.1) is 10.2 Å². The van der Waals surface area contributed by atoms with Gasteiger partial charge in [0.15, 0.2) is 27.1 Å². The van der Waals surface area contributed by atoms with Crippen LogP contribution in [0.15, 0.2) is 21.6 Å². The Labute approximate surface area is 203 Å². The van der Waals surface area contributed by atoms with Crippen molar-refractivity contribution in [3.05, 3.63) is 11.3 Å². The third-order valence-corrected chi connectivity index (χ3v) is 10.6. The van der Waals surface area contributed by atoms with E-state index in [0.29, 0.717) is 5.16 Å². The first kappa shape index (κ1) is 24.7. The molecule has 34 heavy (non-hydrogen) atoms. The number of hydrogen-bond acceptors (Lipinski definition) is 13. The monoisotopic (exact) mass is 529 g/mol. The summed E-state index contributed by atoms with van der Waals surface area (Å²) in [6, 6.07) is 0. The van der Waals surface area contributed by atoms with Crippen molar-refractivity contribution in [3.63, 3.8) is 0 Å². The van der Waals surface area contributed by atoms with E-state index in [0.717, 1.165) is 28.4 Å².